The standard InChI is InChI=1S/C16H16N4O2S/c1-10-15(23-16(17)18-10)12-6-7-20(19-12)8-11-9-21-13-4-2-3-5-14(13)22-11/h2-7,11H,8-9H2,1H3,(H2,17,18)/t11-/m1/s1. The summed E-state index contributed by atoms with van der Waals surface area (Å²) in [5.41, 5.74) is 7.54. The second-order valence-corrected chi connectivity index (χ2v) is 6.42. The SMILES string of the molecule is Cc1nc(N)sc1-c1ccn(C[C@@H]2COc3ccccc3O2)n1. The van der Waals surface area contributed by atoms with E-state index in [2.05, 4.69) is 10.1 Å². The van der Waals surface area contributed by atoms with E-state index in [0.717, 1.165) is 27.8 Å². The van der Waals surface area contributed by atoms with E-state index in [4.69, 9.17) is 15.2 Å². The Balaban J connectivity index is 1.50. The molecule has 2 aromatic heterocycles. The third-order valence-corrected chi connectivity index (χ3v) is 4.65. The Bertz CT molecular complexity index is 842. The van der Waals surface area contributed by atoms with E-state index in [1.165, 1.54) is 11.3 Å². The summed E-state index contributed by atoms with van der Waals surface area (Å²) in [5, 5.41) is 5.16. The summed E-state index contributed by atoms with van der Waals surface area (Å²) in [6.07, 6.45) is 1.87. The van der Waals surface area contributed by atoms with Gasteiger partial charge in [-0.3, -0.25) is 4.68 Å². The molecule has 0 saturated carbocycles. The highest BCUT2D eigenvalue weighted by Gasteiger charge is 2.21. The van der Waals surface area contributed by atoms with Gasteiger partial charge in [0.25, 0.3) is 0 Å². The molecule has 0 bridgehead atoms. The highest BCUT2D eigenvalue weighted by atomic mass is 32.1. The molecular formula is C16H16N4O2S. The highest BCUT2D eigenvalue weighted by Crippen LogP contribution is 2.32. The quantitative estimate of drug-likeness (QED) is 0.800. The Labute approximate surface area is 137 Å². The van der Waals surface area contributed by atoms with Crippen molar-refractivity contribution in [3.05, 3.63) is 42.2 Å². The molecule has 0 saturated heterocycles. The Hall–Kier alpha value is -2.54. The minimum absolute atomic E-state index is 0.0646. The van der Waals surface area contributed by atoms with E-state index in [1.807, 2.05) is 48.1 Å². The number of hydrogen-bond donors (Lipinski definition) is 1. The average Bonchev–Trinajstić information content (AvgIpc) is 3.13. The Morgan fingerprint density at radius 1 is 1.30 bits per heavy atom. The van der Waals surface area contributed by atoms with Crippen LogP contribution < -0.4 is 15.2 Å². The summed E-state index contributed by atoms with van der Waals surface area (Å²) >= 11 is 1.45. The largest absolute Gasteiger partial charge is 0.486 e. The molecule has 0 fully saturated rings. The third-order valence-electron chi connectivity index (χ3n) is 3.64. The highest BCUT2D eigenvalue weighted by molar-refractivity contribution is 7.18. The number of thiazole rings is 1. The van der Waals surface area contributed by atoms with Crippen LogP contribution in [0.25, 0.3) is 10.6 Å². The molecule has 6 nitrogen and oxygen atoms in total. The molecule has 2 N–H and O–H groups in total. The molecule has 3 heterocycles. The molecule has 7 heteroatoms. The predicted octanol–water partition coefficient (Wildman–Crippen LogP) is 2.74. The van der Waals surface area contributed by atoms with Crippen LogP contribution in [0.3, 0.4) is 0 Å². The normalized spacial score (nSPS) is 16.5. The monoisotopic (exact) mass is 328 g/mol. The van der Waals surface area contributed by atoms with E-state index >= 15 is 0 Å². The van der Waals surface area contributed by atoms with Crippen molar-refractivity contribution in [1.82, 2.24) is 14.8 Å². The molecule has 0 radical (unpaired) electrons. The van der Waals surface area contributed by atoms with Crippen molar-refractivity contribution in [2.45, 2.75) is 19.6 Å². The number of rotatable bonds is 3. The number of nitrogens with zero attached hydrogens (tertiary/aromatic N) is 3. The number of aryl methyl sites for hydroxylation is 1. The molecule has 0 aliphatic carbocycles. The van der Waals surface area contributed by atoms with Gasteiger partial charge in [-0.2, -0.15) is 5.10 Å². The summed E-state index contributed by atoms with van der Waals surface area (Å²) in [7, 11) is 0. The second-order valence-electron chi connectivity index (χ2n) is 5.39. The van der Waals surface area contributed by atoms with Gasteiger partial charge in [-0.15, -0.1) is 0 Å². The minimum atomic E-state index is -0.0646. The fraction of sp³-hybridized carbons (Fsp3) is 0.250. The van der Waals surface area contributed by atoms with Crippen molar-refractivity contribution in [1.29, 1.82) is 0 Å². The van der Waals surface area contributed by atoms with Crippen molar-refractivity contribution in [3.8, 4) is 22.1 Å². The zero-order chi connectivity index (χ0) is 15.8. The average molecular weight is 328 g/mol. The molecule has 23 heavy (non-hydrogen) atoms. The number of ether oxygens (including phenoxy) is 2. The van der Waals surface area contributed by atoms with Crippen molar-refractivity contribution < 1.29 is 9.47 Å². The summed E-state index contributed by atoms with van der Waals surface area (Å²) in [6.45, 7) is 3.08. The van der Waals surface area contributed by atoms with Gasteiger partial charge in [0, 0.05) is 6.20 Å². The first-order valence-electron chi connectivity index (χ1n) is 7.34. The summed E-state index contributed by atoms with van der Waals surface area (Å²) < 4.78 is 13.6. The number of nitrogens with two attached hydrogens (primary N) is 1. The maximum Gasteiger partial charge on any atom is 0.180 e. The maximum absolute atomic E-state index is 5.96. The van der Waals surface area contributed by atoms with Gasteiger partial charge in [0.2, 0.25) is 0 Å². The number of hydrogen-bond acceptors (Lipinski definition) is 6. The molecule has 1 atom stereocenters. The van der Waals surface area contributed by atoms with Crippen LogP contribution in [0.2, 0.25) is 0 Å². The first-order valence-corrected chi connectivity index (χ1v) is 8.16. The van der Waals surface area contributed by atoms with E-state index in [9.17, 15) is 0 Å². The lowest BCUT2D eigenvalue weighted by Crippen LogP contribution is -2.33. The van der Waals surface area contributed by atoms with Crippen LogP contribution in [-0.2, 0) is 6.54 Å². The van der Waals surface area contributed by atoms with Crippen molar-refractivity contribution in [3.63, 3.8) is 0 Å². The lowest BCUT2D eigenvalue weighted by Gasteiger charge is -2.26. The van der Waals surface area contributed by atoms with Gasteiger partial charge in [-0.25, -0.2) is 4.98 Å². The zero-order valence-corrected chi connectivity index (χ0v) is 13.4. The summed E-state index contributed by atoms with van der Waals surface area (Å²) in [5.74, 6) is 1.57. The number of fused-ring (bicyclic) bond motifs is 1. The molecule has 0 spiro atoms. The Morgan fingerprint density at radius 2 is 2.13 bits per heavy atom. The lowest BCUT2D eigenvalue weighted by atomic mass is 10.2. The summed E-state index contributed by atoms with van der Waals surface area (Å²) in [6, 6.07) is 9.67. The van der Waals surface area contributed by atoms with Crippen LogP contribution in [0.1, 0.15) is 5.69 Å². The Kier molecular flexibility index (Phi) is 3.42. The third kappa shape index (κ3) is 2.75. The van der Waals surface area contributed by atoms with Crippen LogP contribution >= 0.6 is 11.3 Å². The molecule has 118 valence electrons. The van der Waals surface area contributed by atoms with Crippen LogP contribution in [0.4, 0.5) is 5.13 Å². The number of nitrogen functional groups attached to an aromatic ring is 1. The van der Waals surface area contributed by atoms with Crippen molar-refractivity contribution in [2.24, 2.45) is 0 Å². The zero-order valence-electron chi connectivity index (χ0n) is 12.6. The number of anilines is 1. The maximum atomic E-state index is 5.96. The fourth-order valence-electron chi connectivity index (χ4n) is 2.60. The van der Waals surface area contributed by atoms with Gasteiger partial charge in [-0.1, -0.05) is 23.5 Å². The number of para-hydroxylation sites is 2. The second kappa shape index (κ2) is 5.58. The van der Waals surface area contributed by atoms with Gasteiger partial charge in [0.15, 0.2) is 22.7 Å². The molecule has 4 rings (SSSR count). The lowest BCUT2D eigenvalue weighted by molar-refractivity contribution is 0.0759. The molecule has 1 aliphatic rings. The van der Waals surface area contributed by atoms with E-state index in [-0.39, 0.29) is 6.10 Å². The minimum Gasteiger partial charge on any atom is -0.486 e. The van der Waals surface area contributed by atoms with Gasteiger partial charge in [0.1, 0.15) is 12.3 Å². The predicted molar refractivity (Wildman–Crippen MR) is 88.8 cm³/mol. The fourth-order valence-corrected chi connectivity index (χ4v) is 3.40. The van der Waals surface area contributed by atoms with Gasteiger partial charge in [-0.05, 0) is 25.1 Å². The van der Waals surface area contributed by atoms with Gasteiger partial charge >= 0.3 is 0 Å². The molecule has 1 aliphatic heterocycles. The van der Waals surface area contributed by atoms with E-state index < -0.39 is 0 Å². The molecule has 0 unspecified atom stereocenters. The van der Waals surface area contributed by atoms with Crippen molar-refractivity contribution >= 4 is 16.5 Å². The number of aromatic nitrogens is 3. The molecular weight excluding hydrogens is 312 g/mol. The van der Waals surface area contributed by atoms with Crippen LogP contribution in [0, 0.1) is 6.92 Å². The first-order chi connectivity index (χ1) is 11.2. The smallest absolute Gasteiger partial charge is 0.180 e. The van der Waals surface area contributed by atoms with Gasteiger partial charge in [0.05, 0.1) is 17.1 Å². The van der Waals surface area contributed by atoms with Crippen LogP contribution in [0.15, 0.2) is 36.5 Å². The molecule has 1 aromatic carbocycles. The van der Waals surface area contributed by atoms with Crippen molar-refractivity contribution in [2.75, 3.05) is 12.3 Å². The Morgan fingerprint density at radius 3 is 2.91 bits per heavy atom. The first kappa shape index (κ1) is 14.1. The topological polar surface area (TPSA) is 75.2 Å². The van der Waals surface area contributed by atoms with Crippen LogP contribution in [-0.4, -0.2) is 27.5 Å². The van der Waals surface area contributed by atoms with E-state index in [1.54, 1.807) is 0 Å². The van der Waals surface area contributed by atoms with Gasteiger partial charge < -0.3 is 15.2 Å². The molecule has 0 amide bonds. The summed E-state index contributed by atoms with van der Waals surface area (Å²) in [4.78, 5) is 5.25. The number of benzene rings is 1. The molecule has 3 aromatic rings. The van der Waals surface area contributed by atoms with E-state index in [0.29, 0.717) is 18.3 Å². The van der Waals surface area contributed by atoms with Crippen LogP contribution in [0.5, 0.6) is 11.5 Å².